The van der Waals surface area contributed by atoms with Crippen LogP contribution in [0, 0.1) is 0 Å². The average Bonchev–Trinajstić information content (AvgIpc) is 2.36. The van der Waals surface area contributed by atoms with Crippen LogP contribution in [0.25, 0.3) is 0 Å². The molecular weight excluding hydrogens is 140 g/mol. The minimum absolute atomic E-state index is 0.701. The highest BCUT2D eigenvalue weighted by atomic mass is 16.3. The van der Waals surface area contributed by atoms with Crippen LogP contribution in [0.4, 0.5) is 0 Å². The Morgan fingerprint density at radius 3 is 2.73 bits per heavy atom. The van der Waals surface area contributed by atoms with Crippen LogP contribution in [0.3, 0.4) is 0 Å². The van der Waals surface area contributed by atoms with E-state index in [1.807, 2.05) is 20.0 Å². The molecule has 3 heteroatoms. The fourth-order valence-electron chi connectivity index (χ4n) is 1.08. The van der Waals surface area contributed by atoms with E-state index in [4.69, 9.17) is 0 Å². The maximum atomic E-state index is 9.80. The number of nitrogens with zero attached hydrogens (tertiary/aromatic N) is 2. The van der Waals surface area contributed by atoms with Crippen molar-refractivity contribution in [3.05, 3.63) is 18.0 Å². The van der Waals surface area contributed by atoms with Crippen molar-refractivity contribution in [1.29, 1.82) is 0 Å². The lowest BCUT2D eigenvalue weighted by Crippen LogP contribution is -2.23. The van der Waals surface area contributed by atoms with E-state index < -0.39 is 5.60 Å². The van der Waals surface area contributed by atoms with Crippen LogP contribution >= 0.6 is 0 Å². The van der Waals surface area contributed by atoms with Crippen molar-refractivity contribution >= 4 is 0 Å². The molecule has 0 amide bonds. The molecule has 0 spiro atoms. The molecule has 0 aliphatic carbocycles. The molecule has 1 rings (SSSR count). The van der Waals surface area contributed by atoms with Gasteiger partial charge in [-0.25, -0.2) is 0 Å². The molecule has 0 saturated heterocycles. The minimum Gasteiger partial charge on any atom is -0.384 e. The first kappa shape index (κ1) is 8.27. The summed E-state index contributed by atoms with van der Waals surface area (Å²) in [5.41, 5.74) is 0.116. The molecule has 0 aromatic carbocycles. The van der Waals surface area contributed by atoms with Gasteiger partial charge < -0.3 is 5.11 Å². The van der Waals surface area contributed by atoms with Gasteiger partial charge in [0.1, 0.15) is 5.60 Å². The lowest BCUT2D eigenvalue weighted by Gasteiger charge is -2.20. The number of rotatable bonds is 2. The second-order valence-corrected chi connectivity index (χ2v) is 2.97. The Hall–Kier alpha value is -0.830. The SMILES string of the molecule is CCC(C)(O)c1ccnn1C. The molecular formula is C8H14N2O. The second-order valence-electron chi connectivity index (χ2n) is 2.97. The highest BCUT2D eigenvalue weighted by Gasteiger charge is 2.23. The zero-order valence-electron chi connectivity index (χ0n) is 7.20. The molecule has 0 fully saturated rings. The van der Waals surface area contributed by atoms with Crippen LogP contribution in [0.2, 0.25) is 0 Å². The summed E-state index contributed by atoms with van der Waals surface area (Å²) < 4.78 is 1.70. The zero-order chi connectivity index (χ0) is 8.48. The van der Waals surface area contributed by atoms with E-state index in [1.54, 1.807) is 17.8 Å². The Labute approximate surface area is 66.7 Å². The third-order valence-electron chi connectivity index (χ3n) is 2.06. The van der Waals surface area contributed by atoms with Crippen LogP contribution in [0.15, 0.2) is 12.3 Å². The van der Waals surface area contributed by atoms with E-state index in [2.05, 4.69) is 5.10 Å². The Kier molecular flexibility index (Phi) is 2.00. The third-order valence-corrected chi connectivity index (χ3v) is 2.06. The summed E-state index contributed by atoms with van der Waals surface area (Å²) >= 11 is 0. The molecule has 0 bridgehead atoms. The smallest absolute Gasteiger partial charge is 0.103 e. The Morgan fingerprint density at radius 1 is 1.73 bits per heavy atom. The van der Waals surface area contributed by atoms with Crippen LogP contribution in [0.5, 0.6) is 0 Å². The van der Waals surface area contributed by atoms with Crippen molar-refractivity contribution in [3.63, 3.8) is 0 Å². The minimum atomic E-state index is -0.745. The van der Waals surface area contributed by atoms with Crippen molar-refractivity contribution in [2.24, 2.45) is 7.05 Å². The first-order chi connectivity index (χ1) is 5.08. The number of aryl methyl sites for hydroxylation is 1. The van der Waals surface area contributed by atoms with Gasteiger partial charge >= 0.3 is 0 Å². The number of aliphatic hydroxyl groups is 1. The van der Waals surface area contributed by atoms with E-state index in [-0.39, 0.29) is 0 Å². The summed E-state index contributed by atoms with van der Waals surface area (Å²) in [7, 11) is 1.83. The first-order valence-electron chi connectivity index (χ1n) is 3.79. The van der Waals surface area contributed by atoms with Crippen molar-refractivity contribution in [1.82, 2.24) is 9.78 Å². The average molecular weight is 154 g/mol. The third kappa shape index (κ3) is 1.43. The van der Waals surface area contributed by atoms with Gasteiger partial charge in [0.15, 0.2) is 0 Å². The van der Waals surface area contributed by atoms with Crippen LogP contribution in [-0.4, -0.2) is 14.9 Å². The fraction of sp³-hybridized carbons (Fsp3) is 0.625. The van der Waals surface area contributed by atoms with Gasteiger partial charge in [0.25, 0.3) is 0 Å². The van der Waals surface area contributed by atoms with Gasteiger partial charge in [-0.15, -0.1) is 0 Å². The Morgan fingerprint density at radius 2 is 2.36 bits per heavy atom. The molecule has 1 aromatic rings. The number of hydrogen-bond acceptors (Lipinski definition) is 2. The highest BCUT2D eigenvalue weighted by molar-refractivity contribution is 5.09. The van der Waals surface area contributed by atoms with E-state index in [9.17, 15) is 5.11 Å². The summed E-state index contributed by atoms with van der Waals surface area (Å²) in [6, 6.07) is 1.84. The van der Waals surface area contributed by atoms with Crippen molar-refractivity contribution < 1.29 is 5.11 Å². The normalized spacial score (nSPS) is 16.4. The van der Waals surface area contributed by atoms with Crippen LogP contribution < -0.4 is 0 Å². The van der Waals surface area contributed by atoms with Gasteiger partial charge in [0.2, 0.25) is 0 Å². The maximum absolute atomic E-state index is 9.80. The first-order valence-corrected chi connectivity index (χ1v) is 3.79. The molecule has 11 heavy (non-hydrogen) atoms. The molecule has 1 atom stereocenters. The van der Waals surface area contributed by atoms with E-state index in [1.165, 1.54) is 0 Å². The lowest BCUT2D eigenvalue weighted by atomic mass is 9.99. The summed E-state index contributed by atoms with van der Waals surface area (Å²) in [5.74, 6) is 0. The second kappa shape index (κ2) is 2.66. The summed E-state index contributed by atoms with van der Waals surface area (Å²) in [4.78, 5) is 0. The molecule has 62 valence electrons. The topological polar surface area (TPSA) is 38.1 Å². The molecule has 1 unspecified atom stereocenters. The highest BCUT2D eigenvalue weighted by Crippen LogP contribution is 2.22. The van der Waals surface area contributed by atoms with Gasteiger partial charge in [-0.2, -0.15) is 5.10 Å². The predicted octanol–water partition coefficient (Wildman–Crippen LogP) is 1.04. The molecule has 0 saturated carbocycles. The molecule has 0 aliphatic heterocycles. The predicted molar refractivity (Wildman–Crippen MR) is 43.1 cm³/mol. The van der Waals surface area contributed by atoms with Gasteiger partial charge in [-0.3, -0.25) is 4.68 Å². The summed E-state index contributed by atoms with van der Waals surface area (Å²) in [6.07, 6.45) is 2.39. The van der Waals surface area contributed by atoms with E-state index in [0.29, 0.717) is 6.42 Å². The molecule has 1 N–H and O–H groups in total. The zero-order valence-corrected chi connectivity index (χ0v) is 7.20. The molecule has 1 heterocycles. The number of hydrogen-bond donors (Lipinski definition) is 1. The summed E-state index contributed by atoms with van der Waals surface area (Å²) in [6.45, 7) is 3.75. The quantitative estimate of drug-likeness (QED) is 0.691. The van der Waals surface area contributed by atoms with E-state index >= 15 is 0 Å². The fourth-order valence-corrected chi connectivity index (χ4v) is 1.08. The standard InChI is InChI=1S/C8H14N2O/c1-4-8(2,11)7-5-6-9-10(7)3/h5-6,11H,4H2,1-3H3. The van der Waals surface area contributed by atoms with Crippen molar-refractivity contribution in [3.8, 4) is 0 Å². The van der Waals surface area contributed by atoms with E-state index in [0.717, 1.165) is 5.69 Å². The largest absolute Gasteiger partial charge is 0.384 e. The van der Waals surface area contributed by atoms with Crippen molar-refractivity contribution in [2.75, 3.05) is 0 Å². The van der Waals surface area contributed by atoms with Gasteiger partial charge in [0, 0.05) is 13.2 Å². The van der Waals surface area contributed by atoms with Gasteiger partial charge in [-0.05, 0) is 19.4 Å². The molecule has 1 aromatic heterocycles. The van der Waals surface area contributed by atoms with Crippen LogP contribution in [-0.2, 0) is 12.6 Å². The molecule has 0 aliphatic rings. The monoisotopic (exact) mass is 154 g/mol. The van der Waals surface area contributed by atoms with Crippen LogP contribution in [0.1, 0.15) is 26.0 Å². The lowest BCUT2D eigenvalue weighted by molar-refractivity contribution is 0.0445. The number of aromatic nitrogens is 2. The molecule has 0 radical (unpaired) electrons. The maximum Gasteiger partial charge on any atom is 0.103 e. The van der Waals surface area contributed by atoms with Gasteiger partial charge in [0.05, 0.1) is 5.69 Å². The summed E-state index contributed by atoms with van der Waals surface area (Å²) in [5, 5.41) is 13.8. The Bertz CT molecular complexity index is 240. The van der Waals surface area contributed by atoms with Gasteiger partial charge in [-0.1, -0.05) is 6.92 Å². The molecule has 3 nitrogen and oxygen atoms in total. The van der Waals surface area contributed by atoms with Crippen molar-refractivity contribution in [2.45, 2.75) is 25.9 Å². The Balaban J connectivity index is 3.00.